The third kappa shape index (κ3) is 16.5. The molecule has 1 aliphatic rings. The molecular weight excluding hydrogens is 860 g/mol. The van der Waals surface area contributed by atoms with Crippen LogP contribution in [0.2, 0.25) is 5.02 Å². The molecule has 8 atom stereocenters. The van der Waals surface area contributed by atoms with Crippen molar-refractivity contribution in [1.29, 1.82) is 0 Å². The fourth-order valence-corrected chi connectivity index (χ4v) is 7.60. The fourth-order valence-electron chi connectivity index (χ4n) is 7.16. The van der Waals surface area contributed by atoms with Crippen LogP contribution in [0.5, 0.6) is 0 Å². The maximum absolute atomic E-state index is 14.3. The summed E-state index contributed by atoms with van der Waals surface area (Å²) >= 11 is 7.61. The van der Waals surface area contributed by atoms with E-state index in [2.05, 4.69) is 21.3 Å². The minimum Gasteiger partial charge on any atom is -0.456 e. The highest BCUT2D eigenvalue weighted by Gasteiger charge is 2.40. The van der Waals surface area contributed by atoms with Crippen molar-refractivity contribution in [2.75, 3.05) is 32.8 Å². The van der Waals surface area contributed by atoms with Crippen molar-refractivity contribution in [2.45, 2.75) is 144 Å². The molecule has 358 valence electrons. The molecule has 1 heterocycles. The molecule has 0 aromatic heterocycles. The molecule has 0 spiro atoms. The van der Waals surface area contributed by atoms with E-state index in [1.54, 1.807) is 44.2 Å². The van der Waals surface area contributed by atoms with Crippen molar-refractivity contribution in [1.82, 2.24) is 31.1 Å². The van der Waals surface area contributed by atoms with Crippen LogP contribution in [-0.4, -0.2) is 126 Å². The summed E-state index contributed by atoms with van der Waals surface area (Å²) in [5.41, 5.74) is 0.196. The summed E-state index contributed by atoms with van der Waals surface area (Å²) in [6.07, 6.45) is 5.19. The van der Waals surface area contributed by atoms with Gasteiger partial charge in [-0.2, -0.15) is 0 Å². The van der Waals surface area contributed by atoms with Crippen LogP contribution in [0.25, 0.3) is 0 Å². The quantitative estimate of drug-likeness (QED) is 0.138. The van der Waals surface area contributed by atoms with Crippen LogP contribution in [0.1, 0.15) is 101 Å². The van der Waals surface area contributed by atoms with E-state index in [1.165, 1.54) is 56.4 Å². The molecule has 0 bridgehead atoms. The van der Waals surface area contributed by atoms with E-state index in [4.69, 9.17) is 21.1 Å². The normalized spacial score (nSPS) is 27.2. The van der Waals surface area contributed by atoms with Gasteiger partial charge >= 0.3 is 5.97 Å². The second-order valence-electron chi connectivity index (χ2n) is 17.9. The Morgan fingerprint density at radius 1 is 0.984 bits per heavy atom. The summed E-state index contributed by atoms with van der Waals surface area (Å²) in [5.74, 6) is -4.72. The second-order valence-corrected chi connectivity index (χ2v) is 19.1. The first-order chi connectivity index (χ1) is 29.9. The van der Waals surface area contributed by atoms with Gasteiger partial charge in [-0.05, 0) is 95.7 Å². The highest BCUT2D eigenvalue weighted by atomic mass is 35.5. The molecule has 15 nitrogen and oxygen atoms in total. The van der Waals surface area contributed by atoms with Crippen molar-refractivity contribution in [3.05, 3.63) is 58.1 Å². The lowest BCUT2D eigenvalue weighted by Crippen LogP contribution is -2.60. The Labute approximate surface area is 390 Å². The number of amides is 6. The van der Waals surface area contributed by atoms with E-state index in [-0.39, 0.29) is 31.1 Å². The van der Waals surface area contributed by atoms with Crippen molar-refractivity contribution in [3.63, 3.8) is 0 Å². The minimum atomic E-state index is -1.55. The van der Waals surface area contributed by atoms with Gasteiger partial charge in [-0.15, -0.1) is 11.8 Å². The molecule has 1 aromatic carbocycles. The molecule has 17 heteroatoms. The van der Waals surface area contributed by atoms with Gasteiger partial charge in [-0.25, -0.2) is 4.79 Å². The lowest BCUT2D eigenvalue weighted by Gasteiger charge is -2.35. The van der Waals surface area contributed by atoms with E-state index >= 15 is 0 Å². The van der Waals surface area contributed by atoms with Gasteiger partial charge in [0.05, 0.1) is 18.6 Å². The number of hydrogen-bond acceptors (Lipinski definition) is 10. The summed E-state index contributed by atoms with van der Waals surface area (Å²) in [5, 5.41) is 11.6. The molecule has 2 rings (SSSR count). The number of rotatable bonds is 10. The number of nitrogens with zero attached hydrogens (tertiary/aromatic N) is 2. The average Bonchev–Trinajstić information content (AvgIpc) is 3.24. The summed E-state index contributed by atoms with van der Waals surface area (Å²) < 4.78 is 12.5. The van der Waals surface area contributed by atoms with Gasteiger partial charge in [-0.3, -0.25) is 28.8 Å². The number of thioether (sulfide) groups is 1. The summed E-state index contributed by atoms with van der Waals surface area (Å²) in [6, 6.07) is 2.43. The van der Waals surface area contributed by atoms with Crippen LogP contribution in [0, 0.1) is 17.8 Å². The number of cyclic esters (lactones) is 1. The molecular formula is C47H73ClN6O9S. The Morgan fingerprint density at radius 2 is 1.61 bits per heavy atom. The SMILES string of the molecule is C/C=C(\C)[C@H]1OC(=O)C(C)(C)NC(=O)[C@H]([C@H](C)CC)NC(=O)CN(C)C(=O)[C@@H](Cc2ccc(Cl)cc2)N(C)C(=O)[C@H](C)NC(=O)[C@@H](CC(C)C)NC(=O)/C(C)=C/C[C@H](OCSC)[C@@H]1C. The minimum absolute atomic E-state index is 0.0121. The molecule has 0 aliphatic carbocycles. The summed E-state index contributed by atoms with van der Waals surface area (Å²) in [7, 11) is 2.87. The van der Waals surface area contributed by atoms with Crippen LogP contribution >= 0.6 is 23.4 Å². The van der Waals surface area contributed by atoms with E-state index in [0.29, 0.717) is 28.5 Å². The Balaban J connectivity index is 2.73. The van der Waals surface area contributed by atoms with E-state index < -0.39 is 95.8 Å². The summed E-state index contributed by atoms with van der Waals surface area (Å²) in [4.78, 5) is 100. The van der Waals surface area contributed by atoms with Gasteiger partial charge in [0.1, 0.15) is 35.8 Å². The Morgan fingerprint density at radius 3 is 2.17 bits per heavy atom. The monoisotopic (exact) mass is 932 g/mol. The number of nitrogens with one attached hydrogen (secondary N) is 4. The van der Waals surface area contributed by atoms with Crippen LogP contribution in [-0.2, 0) is 49.5 Å². The fraction of sp³-hybridized carbons (Fsp3) is 0.638. The highest BCUT2D eigenvalue weighted by Crippen LogP contribution is 2.27. The zero-order valence-electron chi connectivity index (χ0n) is 40.3. The number of likely N-dealkylation sites (N-methyl/N-ethyl adjacent to an activating group) is 2. The van der Waals surface area contributed by atoms with E-state index in [0.717, 1.165) is 5.57 Å². The van der Waals surface area contributed by atoms with Crippen molar-refractivity contribution in [2.24, 2.45) is 17.8 Å². The van der Waals surface area contributed by atoms with Crippen LogP contribution in [0.15, 0.2) is 47.6 Å². The smallest absolute Gasteiger partial charge is 0.331 e. The van der Waals surface area contributed by atoms with Crippen molar-refractivity contribution < 1.29 is 43.0 Å². The van der Waals surface area contributed by atoms with E-state index in [1.807, 2.05) is 53.9 Å². The van der Waals surface area contributed by atoms with Crippen LogP contribution in [0.4, 0.5) is 0 Å². The third-order valence-electron chi connectivity index (χ3n) is 11.6. The molecule has 4 N–H and O–H groups in total. The number of benzene rings is 1. The number of ether oxygens (including phenoxy) is 2. The number of hydrogen-bond donors (Lipinski definition) is 4. The van der Waals surface area contributed by atoms with Crippen LogP contribution in [0.3, 0.4) is 0 Å². The van der Waals surface area contributed by atoms with Gasteiger partial charge in [0.2, 0.25) is 35.4 Å². The zero-order valence-corrected chi connectivity index (χ0v) is 41.8. The molecule has 0 saturated heterocycles. The summed E-state index contributed by atoms with van der Waals surface area (Å²) in [6.45, 7) is 18.7. The van der Waals surface area contributed by atoms with Crippen molar-refractivity contribution in [3.8, 4) is 0 Å². The van der Waals surface area contributed by atoms with Gasteiger partial charge < -0.3 is 40.5 Å². The molecule has 0 saturated carbocycles. The van der Waals surface area contributed by atoms with Gasteiger partial charge in [0, 0.05) is 37.0 Å². The predicted octanol–water partition coefficient (Wildman–Crippen LogP) is 5.20. The lowest BCUT2D eigenvalue weighted by molar-refractivity contribution is -0.160. The molecule has 0 unspecified atom stereocenters. The molecule has 6 amide bonds. The van der Waals surface area contributed by atoms with E-state index in [9.17, 15) is 33.6 Å². The number of allylic oxidation sites excluding steroid dienone is 1. The maximum Gasteiger partial charge on any atom is 0.331 e. The second kappa shape index (κ2) is 25.9. The molecule has 1 aromatic rings. The lowest BCUT2D eigenvalue weighted by atomic mass is 9.90. The Hall–Kier alpha value is -4.41. The Bertz CT molecular complexity index is 1860. The first-order valence-electron chi connectivity index (χ1n) is 22.0. The predicted molar refractivity (Wildman–Crippen MR) is 252 cm³/mol. The van der Waals surface area contributed by atoms with Crippen molar-refractivity contribution >= 4 is 64.8 Å². The number of esters is 1. The number of carbonyl (C=O) groups excluding carboxylic acids is 7. The first-order valence-corrected chi connectivity index (χ1v) is 23.8. The molecule has 0 fully saturated rings. The maximum atomic E-state index is 14.3. The topological polar surface area (TPSA) is 193 Å². The van der Waals surface area contributed by atoms with Gasteiger partial charge in [0.25, 0.3) is 0 Å². The van der Waals surface area contributed by atoms with Gasteiger partial charge in [0.15, 0.2) is 0 Å². The molecule has 1 aliphatic heterocycles. The first kappa shape index (κ1) is 55.7. The Kier molecular flexibility index (Phi) is 22.6. The highest BCUT2D eigenvalue weighted by molar-refractivity contribution is 7.98. The number of halogens is 1. The largest absolute Gasteiger partial charge is 0.456 e. The number of carbonyl (C=O) groups is 7. The van der Waals surface area contributed by atoms with Gasteiger partial charge in [-0.1, -0.05) is 76.9 Å². The zero-order chi connectivity index (χ0) is 48.6. The molecule has 64 heavy (non-hydrogen) atoms. The average molecular weight is 934 g/mol. The third-order valence-corrected chi connectivity index (χ3v) is 12.3. The van der Waals surface area contributed by atoms with Crippen LogP contribution < -0.4 is 21.3 Å². The molecule has 0 radical (unpaired) electrons. The standard InChI is InChI=1S/C47H73ClN6O9S/c1-15-28(5)39-43(58)52-47(10,11)46(61)63-40(29(6)16-2)31(8)37(62-26-64-14)22-17-30(7)41(56)50-35(23-27(3)4)42(57)49-32(9)44(59)54(13)36(24-33-18-20-34(48)21-19-33)45(60)53(12)25-38(55)51-39/h16-21,27-28,31-32,35-37,39-40H,15,22-26H2,1-14H3,(H,49,57)(H,50,56)(H,51,55)(H,52,58)/b29-16+,30-17+/t28-,31+,32+,35-,36-,37+,39+,40-/m1/s1.